The van der Waals surface area contributed by atoms with Crippen molar-refractivity contribution in [3.63, 3.8) is 0 Å². The largest absolute Gasteiger partial charge is 0.382 e. The zero-order valence-electron chi connectivity index (χ0n) is 14.2. The number of hydrogen-bond donors (Lipinski definition) is 1. The fourth-order valence-electron chi connectivity index (χ4n) is 2.44. The molecule has 1 N–H and O–H groups in total. The van der Waals surface area contributed by atoms with Crippen LogP contribution in [-0.2, 0) is 0 Å². The van der Waals surface area contributed by atoms with Crippen molar-refractivity contribution in [1.82, 2.24) is 5.32 Å². The Labute approximate surface area is 131 Å². The van der Waals surface area contributed by atoms with E-state index >= 15 is 0 Å². The molecular formula is C20H31N. The second-order valence-corrected chi connectivity index (χ2v) is 6.39. The summed E-state index contributed by atoms with van der Waals surface area (Å²) in [6.45, 7) is 17.2. The molecule has 0 amide bonds. The van der Waals surface area contributed by atoms with Gasteiger partial charge in [-0.25, -0.2) is 0 Å². The average molecular weight is 285 g/mol. The van der Waals surface area contributed by atoms with Crippen molar-refractivity contribution in [3.8, 4) is 0 Å². The Balaban J connectivity index is 2.77. The van der Waals surface area contributed by atoms with Gasteiger partial charge in [-0.15, -0.1) is 0 Å². The molecule has 0 radical (unpaired) electrons. The van der Waals surface area contributed by atoms with Crippen LogP contribution in [0.25, 0.3) is 6.08 Å². The van der Waals surface area contributed by atoms with Crippen LogP contribution in [0.3, 0.4) is 0 Å². The fourth-order valence-corrected chi connectivity index (χ4v) is 2.44. The van der Waals surface area contributed by atoms with Crippen LogP contribution < -0.4 is 5.32 Å². The Bertz CT molecular complexity index is 459. The summed E-state index contributed by atoms with van der Waals surface area (Å²) >= 11 is 0. The number of hydrogen-bond acceptors (Lipinski definition) is 1. The molecule has 0 heterocycles. The molecular weight excluding hydrogens is 254 g/mol. The van der Waals surface area contributed by atoms with Gasteiger partial charge < -0.3 is 5.32 Å². The van der Waals surface area contributed by atoms with E-state index in [1.165, 1.54) is 11.1 Å². The predicted molar refractivity (Wildman–Crippen MR) is 95.1 cm³/mol. The summed E-state index contributed by atoms with van der Waals surface area (Å²) < 4.78 is 0. The summed E-state index contributed by atoms with van der Waals surface area (Å²) in [5.41, 5.74) is 3.66. The monoisotopic (exact) mass is 285 g/mol. The van der Waals surface area contributed by atoms with Crippen LogP contribution in [-0.4, -0.2) is 0 Å². The van der Waals surface area contributed by atoms with Crippen LogP contribution in [0.15, 0.2) is 43.1 Å². The highest BCUT2D eigenvalue weighted by Gasteiger charge is 2.14. The number of rotatable bonds is 9. The number of benzene rings is 1. The lowest BCUT2D eigenvalue weighted by atomic mass is 9.92. The van der Waals surface area contributed by atoms with E-state index in [2.05, 4.69) is 70.4 Å². The maximum Gasteiger partial charge on any atom is 0.0510 e. The van der Waals surface area contributed by atoms with Crippen molar-refractivity contribution in [1.29, 1.82) is 0 Å². The number of nitrogens with one attached hydrogen (secondary N) is 1. The minimum atomic E-state index is 0.349. The highest BCUT2D eigenvalue weighted by atomic mass is 14.9. The van der Waals surface area contributed by atoms with Crippen molar-refractivity contribution in [2.45, 2.75) is 53.0 Å². The van der Waals surface area contributed by atoms with Crippen LogP contribution in [0.1, 0.15) is 64.1 Å². The molecule has 2 unspecified atom stereocenters. The van der Waals surface area contributed by atoms with Gasteiger partial charge in [0.25, 0.3) is 0 Å². The van der Waals surface area contributed by atoms with E-state index in [1.54, 1.807) is 0 Å². The first-order valence-corrected chi connectivity index (χ1v) is 8.14. The molecule has 1 heteroatoms. The normalized spacial score (nSPS) is 13.8. The molecule has 0 fully saturated rings. The van der Waals surface area contributed by atoms with Gasteiger partial charge in [0.05, 0.1) is 6.04 Å². The lowest BCUT2D eigenvalue weighted by Crippen LogP contribution is -2.22. The highest BCUT2D eigenvalue weighted by molar-refractivity contribution is 5.48. The molecule has 0 saturated carbocycles. The molecule has 1 aromatic carbocycles. The van der Waals surface area contributed by atoms with E-state index in [0.29, 0.717) is 17.9 Å². The van der Waals surface area contributed by atoms with Gasteiger partial charge in [-0.3, -0.25) is 0 Å². The Morgan fingerprint density at radius 3 is 2.57 bits per heavy atom. The van der Waals surface area contributed by atoms with Gasteiger partial charge in [-0.05, 0) is 41.9 Å². The zero-order valence-corrected chi connectivity index (χ0v) is 14.2. The first kappa shape index (κ1) is 17.6. The second-order valence-electron chi connectivity index (χ2n) is 6.39. The van der Waals surface area contributed by atoms with Gasteiger partial charge in [0.1, 0.15) is 0 Å². The molecule has 0 spiro atoms. The Hall–Kier alpha value is -1.50. The first-order valence-electron chi connectivity index (χ1n) is 8.14. The minimum Gasteiger partial charge on any atom is -0.382 e. The maximum absolute atomic E-state index is 4.24. The smallest absolute Gasteiger partial charge is 0.0510 e. The van der Waals surface area contributed by atoms with Crippen molar-refractivity contribution < 1.29 is 0 Å². The van der Waals surface area contributed by atoms with E-state index < -0.39 is 0 Å². The molecule has 21 heavy (non-hydrogen) atoms. The third-order valence-corrected chi connectivity index (χ3v) is 4.21. The highest BCUT2D eigenvalue weighted by Crippen LogP contribution is 2.24. The SMILES string of the molecule is C=Cc1cccc(C(CCC)NC(=C)CC(C)C(C)C)c1. The van der Waals surface area contributed by atoms with E-state index in [1.807, 2.05) is 6.08 Å². The van der Waals surface area contributed by atoms with Gasteiger partial charge in [-0.2, -0.15) is 0 Å². The molecule has 0 aliphatic rings. The van der Waals surface area contributed by atoms with Crippen molar-refractivity contribution in [2.75, 3.05) is 0 Å². The molecule has 2 atom stereocenters. The van der Waals surface area contributed by atoms with Crippen LogP contribution in [0, 0.1) is 11.8 Å². The lowest BCUT2D eigenvalue weighted by Gasteiger charge is -2.24. The Morgan fingerprint density at radius 2 is 2.00 bits per heavy atom. The summed E-state index contributed by atoms with van der Waals surface area (Å²) in [5, 5.41) is 3.64. The predicted octanol–water partition coefficient (Wildman–Crippen LogP) is 5.96. The molecule has 0 aliphatic heterocycles. The third kappa shape index (κ3) is 5.79. The second kappa shape index (κ2) is 8.71. The van der Waals surface area contributed by atoms with E-state index in [-0.39, 0.29) is 0 Å². The lowest BCUT2D eigenvalue weighted by molar-refractivity contribution is 0.398. The summed E-state index contributed by atoms with van der Waals surface area (Å²) in [6.07, 6.45) is 5.22. The molecule has 1 aromatic rings. The van der Waals surface area contributed by atoms with Crippen LogP contribution in [0.4, 0.5) is 0 Å². The average Bonchev–Trinajstić information content (AvgIpc) is 2.46. The van der Waals surface area contributed by atoms with Gasteiger partial charge in [0.15, 0.2) is 0 Å². The van der Waals surface area contributed by atoms with Gasteiger partial charge >= 0.3 is 0 Å². The molecule has 0 aliphatic carbocycles. The summed E-state index contributed by atoms with van der Waals surface area (Å²) in [4.78, 5) is 0. The summed E-state index contributed by atoms with van der Waals surface area (Å²) in [7, 11) is 0. The van der Waals surface area contributed by atoms with E-state index in [9.17, 15) is 0 Å². The Morgan fingerprint density at radius 1 is 1.29 bits per heavy atom. The topological polar surface area (TPSA) is 12.0 Å². The van der Waals surface area contributed by atoms with Crippen molar-refractivity contribution in [3.05, 3.63) is 54.2 Å². The van der Waals surface area contributed by atoms with E-state index in [4.69, 9.17) is 0 Å². The summed E-state index contributed by atoms with van der Waals surface area (Å²) in [6, 6.07) is 8.96. The Kier molecular flexibility index (Phi) is 7.28. The quantitative estimate of drug-likeness (QED) is 0.590. The maximum atomic E-state index is 4.24. The fraction of sp³-hybridized carbons (Fsp3) is 0.500. The van der Waals surface area contributed by atoms with Crippen LogP contribution >= 0.6 is 0 Å². The molecule has 0 aromatic heterocycles. The van der Waals surface area contributed by atoms with Crippen LogP contribution in [0.2, 0.25) is 0 Å². The van der Waals surface area contributed by atoms with Crippen LogP contribution in [0.5, 0.6) is 0 Å². The standard InChI is InChI=1S/C20H31N/c1-7-10-20(19-12-9-11-18(8-2)14-19)21-17(6)13-16(5)15(3)4/h8-9,11-12,14-16,20-21H,2,6-7,10,13H2,1,3-5H3. The van der Waals surface area contributed by atoms with Crippen molar-refractivity contribution in [2.24, 2.45) is 11.8 Å². The van der Waals surface area contributed by atoms with E-state index in [0.717, 1.165) is 25.0 Å². The molecule has 0 saturated heterocycles. The number of allylic oxidation sites excluding steroid dienone is 1. The molecule has 1 rings (SSSR count). The third-order valence-electron chi connectivity index (χ3n) is 4.21. The van der Waals surface area contributed by atoms with Gasteiger partial charge in [0, 0.05) is 5.70 Å². The minimum absolute atomic E-state index is 0.349. The first-order chi connectivity index (χ1) is 9.97. The molecule has 116 valence electrons. The van der Waals surface area contributed by atoms with Gasteiger partial charge in [0.2, 0.25) is 0 Å². The van der Waals surface area contributed by atoms with Crippen molar-refractivity contribution >= 4 is 6.08 Å². The zero-order chi connectivity index (χ0) is 15.8. The summed E-state index contributed by atoms with van der Waals surface area (Å²) in [5.74, 6) is 1.35. The van der Waals surface area contributed by atoms with Gasteiger partial charge in [-0.1, -0.05) is 71.5 Å². The molecule has 0 bridgehead atoms. The molecule has 1 nitrogen and oxygen atoms in total.